The van der Waals surface area contributed by atoms with E-state index in [2.05, 4.69) is 29.3 Å². The zero-order chi connectivity index (χ0) is 9.54. The predicted molar refractivity (Wildman–Crippen MR) is 56.2 cm³/mol. The van der Waals surface area contributed by atoms with Gasteiger partial charge in [-0.05, 0) is 30.4 Å². The Balaban J connectivity index is 1.88. The van der Waals surface area contributed by atoms with Gasteiger partial charge >= 0.3 is 0 Å². The summed E-state index contributed by atoms with van der Waals surface area (Å²) < 4.78 is 0. The number of fused-ring (bicyclic) bond motifs is 1. The number of benzene rings is 1. The number of nitrogens with zero attached hydrogens (tertiary/aromatic N) is 2. The molecule has 0 atom stereocenters. The highest BCUT2D eigenvalue weighted by molar-refractivity contribution is 5.55. The molecule has 2 aliphatic rings. The molecule has 3 rings (SSSR count). The summed E-state index contributed by atoms with van der Waals surface area (Å²) in [5.74, 6) is 6.83. The molecular weight excluding hydrogens is 174 g/mol. The van der Waals surface area contributed by atoms with E-state index in [1.54, 1.807) is 0 Å². The monoisotopic (exact) mass is 189 g/mol. The van der Waals surface area contributed by atoms with Gasteiger partial charge in [0, 0.05) is 6.54 Å². The van der Waals surface area contributed by atoms with Crippen molar-refractivity contribution in [3.63, 3.8) is 0 Å². The molecule has 0 saturated heterocycles. The Morgan fingerprint density at radius 1 is 1.29 bits per heavy atom. The summed E-state index contributed by atoms with van der Waals surface area (Å²) in [4.78, 5) is 0. The minimum absolute atomic E-state index is 0.850. The van der Waals surface area contributed by atoms with Crippen LogP contribution in [0.3, 0.4) is 0 Å². The van der Waals surface area contributed by atoms with E-state index >= 15 is 0 Å². The molecule has 1 aromatic rings. The van der Waals surface area contributed by atoms with Gasteiger partial charge in [0.05, 0.1) is 12.2 Å². The third kappa shape index (κ3) is 1.29. The lowest BCUT2D eigenvalue weighted by Crippen LogP contribution is -2.43. The second-order valence-electron chi connectivity index (χ2n) is 4.25. The molecule has 14 heavy (non-hydrogen) atoms. The second-order valence-corrected chi connectivity index (χ2v) is 4.25. The third-order valence-corrected chi connectivity index (χ3v) is 3.04. The van der Waals surface area contributed by atoms with E-state index in [0.717, 1.165) is 19.0 Å². The Morgan fingerprint density at radius 2 is 2.07 bits per heavy atom. The van der Waals surface area contributed by atoms with Gasteiger partial charge in [-0.1, -0.05) is 18.2 Å². The van der Waals surface area contributed by atoms with E-state index in [1.165, 1.54) is 24.1 Å². The molecule has 0 radical (unpaired) electrons. The van der Waals surface area contributed by atoms with Gasteiger partial charge < -0.3 is 0 Å². The summed E-state index contributed by atoms with van der Waals surface area (Å²) in [7, 11) is 0. The first-order valence-corrected chi connectivity index (χ1v) is 5.22. The van der Waals surface area contributed by atoms with E-state index in [9.17, 15) is 0 Å². The van der Waals surface area contributed by atoms with Crippen LogP contribution in [0.15, 0.2) is 24.3 Å². The number of nitrogens with two attached hydrogens (primary N) is 1. The fourth-order valence-electron chi connectivity index (χ4n) is 2.04. The van der Waals surface area contributed by atoms with Gasteiger partial charge in [-0.2, -0.15) is 5.12 Å². The molecule has 0 bridgehead atoms. The lowest BCUT2D eigenvalue weighted by Gasteiger charge is -2.26. The first-order valence-electron chi connectivity index (χ1n) is 5.22. The van der Waals surface area contributed by atoms with Gasteiger partial charge in [0.15, 0.2) is 0 Å². The van der Waals surface area contributed by atoms with E-state index in [1.807, 2.05) is 5.12 Å². The maximum atomic E-state index is 5.96. The van der Waals surface area contributed by atoms with Crippen LogP contribution in [0.25, 0.3) is 0 Å². The Morgan fingerprint density at radius 3 is 2.86 bits per heavy atom. The summed E-state index contributed by atoms with van der Waals surface area (Å²) in [5, 5.41) is 4.05. The largest absolute Gasteiger partial charge is 0.292 e. The molecule has 1 fully saturated rings. The first-order chi connectivity index (χ1) is 6.84. The van der Waals surface area contributed by atoms with Crippen LogP contribution < -0.4 is 10.9 Å². The maximum Gasteiger partial charge on any atom is 0.0609 e. The summed E-state index contributed by atoms with van der Waals surface area (Å²) in [6.45, 7) is 1.94. The van der Waals surface area contributed by atoms with Gasteiger partial charge in [-0.3, -0.25) is 10.9 Å². The van der Waals surface area contributed by atoms with E-state index in [0.29, 0.717) is 0 Å². The Bertz CT molecular complexity index is 346. The molecule has 3 heteroatoms. The third-order valence-electron chi connectivity index (χ3n) is 3.04. The highest BCUT2D eigenvalue weighted by atomic mass is 15.8. The number of hydrogen-bond acceptors (Lipinski definition) is 3. The minimum atomic E-state index is 0.850. The van der Waals surface area contributed by atoms with E-state index in [-0.39, 0.29) is 0 Å². The van der Waals surface area contributed by atoms with Crippen LogP contribution in [0.5, 0.6) is 0 Å². The predicted octanol–water partition coefficient (Wildman–Crippen LogP) is 1.51. The minimum Gasteiger partial charge on any atom is -0.292 e. The van der Waals surface area contributed by atoms with E-state index < -0.39 is 0 Å². The highest BCUT2D eigenvalue weighted by Crippen LogP contribution is 2.35. The molecule has 0 unspecified atom stereocenters. The number of rotatable bonds is 2. The zero-order valence-corrected chi connectivity index (χ0v) is 8.19. The summed E-state index contributed by atoms with van der Waals surface area (Å²) in [6.07, 6.45) is 2.74. The SMILES string of the molecule is NN1Cc2ccccc2N1CC1CC1. The zero-order valence-electron chi connectivity index (χ0n) is 8.19. The maximum absolute atomic E-state index is 5.96. The van der Waals surface area contributed by atoms with Crippen molar-refractivity contribution < 1.29 is 0 Å². The quantitative estimate of drug-likeness (QED) is 0.716. The number of para-hydroxylation sites is 1. The van der Waals surface area contributed by atoms with Crippen LogP contribution in [0.1, 0.15) is 18.4 Å². The van der Waals surface area contributed by atoms with Crippen molar-refractivity contribution in [1.82, 2.24) is 5.12 Å². The smallest absolute Gasteiger partial charge is 0.0609 e. The van der Waals surface area contributed by atoms with Gasteiger partial charge in [0.2, 0.25) is 0 Å². The van der Waals surface area contributed by atoms with Crippen molar-refractivity contribution in [1.29, 1.82) is 0 Å². The molecule has 0 amide bonds. The molecule has 0 aromatic heterocycles. The Hall–Kier alpha value is -1.06. The average molecular weight is 189 g/mol. The fourth-order valence-corrected chi connectivity index (χ4v) is 2.04. The molecular formula is C11H15N3. The number of anilines is 1. The van der Waals surface area contributed by atoms with Gasteiger partial charge in [-0.25, -0.2) is 0 Å². The topological polar surface area (TPSA) is 32.5 Å². The van der Waals surface area contributed by atoms with Gasteiger partial charge in [0.1, 0.15) is 0 Å². The van der Waals surface area contributed by atoms with Crippen LogP contribution in [-0.2, 0) is 6.54 Å². The molecule has 1 heterocycles. The van der Waals surface area contributed by atoms with Crippen molar-refractivity contribution >= 4 is 5.69 Å². The Kier molecular flexibility index (Phi) is 1.75. The van der Waals surface area contributed by atoms with Crippen LogP contribution >= 0.6 is 0 Å². The van der Waals surface area contributed by atoms with Crippen molar-refractivity contribution in [2.24, 2.45) is 11.8 Å². The lowest BCUT2D eigenvalue weighted by molar-refractivity contribution is 0.267. The lowest BCUT2D eigenvalue weighted by atomic mass is 10.2. The Labute approximate surface area is 84.0 Å². The van der Waals surface area contributed by atoms with Crippen molar-refractivity contribution in [2.45, 2.75) is 19.4 Å². The van der Waals surface area contributed by atoms with Crippen LogP contribution in [-0.4, -0.2) is 11.7 Å². The molecule has 1 saturated carbocycles. The fraction of sp³-hybridized carbons (Fsp3) is 0.455. The molecule has 1 aromatic carbocycles. The molecule has 3 nitrogen and oxygen atoms in total. The molecule has 0 spiro atoms. The average Bonchev–Trinajstić information content (AvgIpc) is 2.93. The van der Waals surface area contributed by atoms with Crippen molar-refractivity contribution in [2.75, 3.05) is 11.6 Å². The molecule has 1 aliphatic carbocycles. The number of hydrazine groups is 2. The molecule has 2 N–H and O–H groups in total. The summed E-state index contributed by atoms with van der Waals surface area (Å²) >= 11 is 0. The second kappa shape index (κ2) is 2.97. The van der Waals surface area contributed by atoms with Crippen molar-refractivity contribution in [3.05, 3.63) is 29.8 Å². The molecule has 1 aliphatic heterocycles. The summed E-state index contributed by atoms with van der Waals surface area (Å²) in [5.41, 5.74) is 2.64. The summed E-state index contributed by atoms with van der Waals surface area (Å²) in [6, 6.07) is 8.47. The normalized spacial score (nSPS) is 21.4. The number of hydrogen-bond donors (Lipinski definition) is 1. The first kappa shape index (κ1) is 8.26. The molecule has 74 valence electrons. The van der Waals surface area contributed by atoms with Crippen molar-refractivity contribution in [3.8, 4) is 0 Å². The van der Waals surface area contributed by atoms with Crippen LogP contribution in [0.2, 0.25) is 0 Å². The highest BCUT2D eigenvalue weighted by Gasteiger charge is 2.30. The van der Waals surface area contributed by atoms with Crippen LogP contribution in [0, 0.1) is 5.92 Å². The van der Waals surface area contributed by atoms with E-state index in [4.69, 9.17) is 5.84 Å². The standard InChI is InChI=1S/C11H15N3/c12-14-8-10-3-1-2-4-11(10)13(14)7-9-5-6-9/h1-4,9H,5-8,12H2. The van der Waals surface area contributed by atoms with Crippen LogP contribution in [0.4, 0.5) is 5.69 Å². The van der Waals surface area contributed by atoms with Gasteiger partial charge in [-0.15, -0.1) is 0 Å². The van der Waals surface area contributed by atoms with Gasteiger partial charge in [0.25, 0.3) is 0 Å².